The summed E-state index contributed by atoms with van der Waals surface area (Å²) in [7, 11) is 0. The second-order valence-corrected chi connectivity index (χ2v) is 2.54. The molecule has 0 aromatic heterocycles. The number of hydrogen-bond acceptors (Lipinski definition) is 1. The molecule has 0 radical (unpaired) electrons. The SMILES string of the molecule is C=C/C=C/C1OC1C#CC#CC#CC. The summed E-state index contributed by atoms with van der Waals surface area (Å²) in [6, 6.07) is 0. The van der Waals surface area contributed by atoms with Crippen LogP contribution in [0, 0.1) is 35.5 Å². The van der Waals surface area contributed by atoms with Crippen LogP contribution in [0.25, 0.3) is 0 Å². The van der Waals surface area contributed by atoms with Crippen molar-refractivity contribution in [3.8, 4) is 35.5 Å². The van der Waals surface area contributed by atoms with Gasteiger partial charge in [-0.3, -0.25) is 0 Å². The molecule has 2 unspecified atom stereocenters. The lowest BCUT2D eigenvalue weighted by Gasteiger charge is -1.71. The van der Waals surface area contributed by atoms with E-state index in [1.807, 2.05) is 12.2 Å². The molecule has 14 heavy (non-hydrogen) atoms. The van der Waals surface area contributed by atoms with Crippen LogP contribution in [-0.2, 0) is 4.74 Å². The van der Waals surface area contributed by atoms with Gasteiger partial charge in [-0.1, -0.05) is 36.6 Å². The smallest absolute Gasteiger partial charge is 0.149 e. The normalized spacial score (nSPS) is 22.1. The van der Waals surface area contributed by atoms with Crippen molar-refractivity contribution in [3.63, 3.8) is 0 Å². The molecule has 2 atom stereocenters. The van der Waals surface area contributed by atoms with Gasteiger partial charge in [-0.25, -0.2) is 0 Å². The first-order chi connectivity index (χ1) is 6.88. The van der Waals surface area contributed by atoms with Gasteiger partial charge in [0.25, 0.3) is 0 Å². The van der Waals surface area contributed by atoms with Gasteiger partial charge in [-0.2, -0.15) is 0 Å². The molecule has 1 nitrogen and oxygen atoms in total. The highest BCUT2D eigenvalue weighted by atomic mass is 16.6. The molecule has 1 aliphatic rings. The van der Waals surface area contributed by atoms with Gasteiger partial charge in [0, 0.05) is 0 Å². The largest absolute Gasteiger partial charge is 0.351 e. The van der Waals surface area contributed by atoms with Gasteiger partial charge in [0.15, 0.2) is 0 Å². The first-order valence-corrected chi connectivity index (χ1v) is 4.25. The van der Waals surface area contributed by atoms with E-state index in [4.69, 9.17) is 4.74 Å². The van der Waals surface area contributed by atoms with E-state index in [-0.39, 0.29) is 12.2 Å². The number of rotatable bonds is 2. The van der Waals surface area contributed by atoms with E-state index in [1.54, 1.807) is 13.0 Å². The second-order valence-electron chi connectivity index (χ2n) is 2.54. The maximum Gasteiger partial charge on any atom is 0.149 e. The zero-order valence-electron chi connectivity index (χ0n) is 8.00. The van der Waals surface area contributed by atoms with Gasteiger partial charge >= 0.3 is 0 Å². The van der Waals surface area contributed by atoms with Gasteiger partial charge in [-0.15, -0.1) is 0 Å². The maximum atomic E-state index is 5.21. The molecular weight excluding hydrogens is 172 g/mol. The highest BCUT2D eigenvalue weighted by Crippen LogP contribution is 2.21. The lowest BCUT2D eigenvalue weighted by atomic mass is 10.3. The van der Waals surface area contributed by atoms with Crippen molar-refractivity contribution in [2.45, 2.75) is 19.1 Å². The molecule has 1 saturated heterocycles. The van der Waals surface area contributed by atoms with E-state index >= 15 is 0 Å². The van der Waals surface area contributed by atoms with E-state index < -0.39 is 0 Å². The molecule has 0 amide bonds. The highest BCUT2D eigenvalue weighted by molar-refractivity contribution is 5.37. The van der Waals surface area contributed by atoms with Crippen LogP contribution in [0.3, 0.4) is 0 Å². The average molecular weight is 182 g/mol. The monoisotopic (exact) mass is 182 g/mol. The van der Waals surface area contributed by atoms with Crippen molar-refractivity contribution in [1.82, 2.24) is 0 Å². The highest BCUT2D eigenvalue weighted by Gasteiger charge is 2.34. The zero-order chi connectivity index (χ0) is 10.2. The Morgan fingerprint density at radius 3 is 2.71 bits per heavy atom. The molecule has 1 aliphatic heterocycles. The third-order valence-corrected chi connectivity index (χ3v) is 1.49. The Kier molecular flexibility index (Phi) is 4.16. The molecular formula is C13H10O. The Morgan fingerprint density at radius 1 is 1.21 bits per heavy atom. The minimum Gasteiger partial charge on any atom is -0.351 e. The van der Waals surface area contributed by atoms with E-state index in [1.165, 1.54) is 0 Å². The molecule has 1 rings (SSSR count). The Bertz CT molecular complexity index is 409. The first-order valence-electron chi connectivity index (χ1n) is 4.25. The number of allylic oxidation sites excluding steroid dienone is 2. The molecule has 0 saturated carbocycles. The first kappa shape index (κ1) is 10.2. The Hall–Kier alpha value is -1.88. The van der Waals surface area contributed by atoms with Gasteiger partial charge in [-0.05, 0) is 30.6 Å². The third-order valence-electron chi connectivity index (χ3n) is 1.49. The van der Waals surface area contributed by atoms with Crippen LogP contribution in [-0.4, -0.2) is 12.2 Å². The number of ether oxygens (including phenoxy) is 1. The van der Waals surface area contributed by atoms with Gasteiger partial charge in [0.05, 0.1) is 0 Å². The summed E-state index contributed by atoms with van der Waals surface area (Å²) in [5, 5.41) is 0. The minimum atomic E-state index is -0.00455. The van der Waals surface area contributed by atoms with E-state index in [0.29, 0.717) is 0 Å². The van der Waals surface area contributed by atoms with E-state index in [2.05, 4.69) is 42.1 Å². The molecule has 1 heteroatoms. The molecule has 0 spiro atoms. The molecule has 1 heterocycles. The van der Waals surface area contributed by atoms with Gasteiger partial charge < -0.3 is 4.74 Å². The average Bonchev–Trinajstić information content (AvgIpc) is 2.93. The summed E-state index contributed by atoms with van der Waals surface area (Å²) in [5.74, 6) is 16.1. The minimum absolute atomic E-state index is 0.00455. The summed E-state index contributed by atoms with van der Waals surface area (Å²) in [4.78, 5) is 0. The van der Waals surface area contributed by atoms with E-state index in [9.17, 15) is 0 Å². The van der Waals surface area contributed by atoms with Crippen LogP contribution in [0.15, 0.2) is 24.8 Å². The van der Waals surface area contributed by atoms with Crippen LogP contribution >= 0.6 is 0 Å². The fourth-order valence-electron chi connectivity index (χ4n) is 0.807. The molecule has 0 N–H and O–H groups in total. The van der Waals surface area contributed by atoms with Crippen LogP contribution in [0.1, 0.15) is 6.92 Å². The topological polar surface area (TPSA) is 12.5 Å². The predicted octanol–water partition coefficient (Wildman–Crippen LogP) is 1.53. The molecule has 0 aromatic carbocycles. The van der Waals surface area contributed by atoms with Crippen molar-refractivity contribution in [3.05, 3.63) is 24.8 Å². The third kappa shape index (κ3) is 3.68. The Labute approximate surface area is 84.8 Å². The predicted molar refractivity (Wildman–Crippen MR) is 57.0 cm³/mol. The standard InChI is InChI=1S/C13H10O/c1-3-5-7-8-9-11-13-12(14-13)10-6-4-2/h4,6,10,12-13H,2H2,1H3/b10-6+. The molecule has 0 bridgehead atoms. The molecule has 1 fully saturated rings. The number of epoxide rings is 1. The quantitative estimate of drug-likeness (QED) is 0.358. The fourth-order valence-corrected chi connectivity index (χ4v) is 0.807. The van der Waals surface area contributed by atoms with Crippen LogP contribution < -0.4 is 0 Å². The summed E-state index contributed by atoms with van der Waals surface area (Å²) < 4.78 is 5.21. The Balaban J connectivity index is 2.34. The summed E-state index contributed by atoms with van der Waals surface area (Å²) in [5.41, 5.74) is 0. The van der Waals surface area contributed by atoms with Crippen molar-refractivity contribution < 1.29 is 4.74 Å². The van der Waals surface area contributed by atoms with Crippen molar-refractivity contribution >= 4 is 0 Å². The van der Waals surface area contributed by atoms with Gasteiger partial charge in [0.1, 0.15) is 12.2 Å². The summed E-state index contributed by atoms with van der Waals surface area (Å²) in [6.45, 7) is 5.30. The van der Waals surface area contributed by atoms with Crippen molar-refractivity contribution in [2.24, 2.45) is 0 Å². The van der Waals surface area contributed by atoms with Crippen LogP contribution in [0.4, 0.5) is 0 Å². The fraction of sp³-hybridized carbons (Fsp3) is 0.231. The summed E-state index contributed by atoms with van der Waals surface area (Å²) >= 11 is 0. The van der Waals surface area contributed by atoms with Crippen molar-refractivity contribution in [1.29, 1.82) is 0 Å². The number of hydrogen-bond donors (Lipinski definition) is 0. The van der Waals surface area contributed by atoms with Crippen LogP contribution in [0.2, 0.25) is 0 Å². The van der Waals surface area contributed by atoms with Gasteiger partial charge in [0.2, 0.25) is 0 Å². The lowest BCUT2D eigenvalue weighted by molar-refractivity contribution is 0.417. The second kappa shape index (κ2) is 5.71. The van der Waals surface area contributed by atoms with Crippen molar-refractivity contribution in [2.75, 3.05) is 0 Å². The molecule has 0 aliphatic carbocycles. The molecule has 0 aromatic rings. The molecule has 68 valence electrons. The van der Waals surface area contributed by atoms with Crippen LogP contribution in [0.5, 0.6) is 0 Å². The van der Waals surface area contributed by atoms with E-state index in [0.717, 1.165) is 0 Å². The maximum absolute atomic E-state index is 5.21. The Morgan fingerprint density at radius 2 is 2.00 bits per heavy atom. The summed E-state index contributed by atoms with van der Waals surface area (Å²) in [6.07, 6.45) is 5.59. The zero-order valence-corrected chi connectivity index (χ0v) is 8.00. The lowest BCUT2D eigenvalue weighted by Crippen LogP contribution is -1.83.